The van der Waals surface area contributed by atoms with Crippen LogP contribution >= 0.6 is 0 Å². The molecule has 110 valence electrons. The first-order valence-electron chi connectivity index (χ1n) is 6.92. The van der Waals surface area contributed by atoms with Crippen molar-refractivity contribution in [2.75, 3.05) is 26.2 Å². The first kappa shape index (κ1) is 14.5. The predicted octanol–water partition coefficient (Wildman–Crippen LogP) is 2.79. The summed E-state index contributed by atoms with van der Waals surface area (Å²) in [5.41, 5.74) is 0.776. The van der Waals surface area contributed by atoms with E-state index in [1.54, 1.807) is 38.3 Å². The smallest absolute Gasteiger partial charge is 0.321 e. The molecule has 5 nitrogen and oxygen atoms in total. The van der Waals surface area contributed by atoms with E-state index in [0.29, 0.717) is 17.5 Å². The standard InChI is InChI=1S/C15H22N2O3/c1-17(15(18)16-11-6-4-5-7-11)12-8-9-13(19-2)14(10-12)20-3/h8-11H,4-7H2,1-3H3,(H,16,18). The number of rotatable bonds is 4. The van der Waals surface area contributed by atoms with Crippen LogP contribution in [0.15, 0.2) is 18.2 Å². The second kappa shape index (κ2) is 6.50. The van der Waals surface area contributed by atoms with Crippen LogP contribution in [-0.4, -0.2) is 33.3 Å². The molecular weight excluding hydrogens is 256 g/mol. The van der Waals surface area contributed by atoms with Gasteiger partial charge in [0.05, 0.1) is 14.2 Å². The van der Waals surface area contributed by atoms with E-state index < -0.39 is 0 Å². The third-order valence-electron chi connectivity index (χ3n) is 3.74. The lowest BCUT2D eigenvalue weighted by atomic mass is 10.2. The molecular formula is C15H22N2O3. The second-order valence-electron chi connectivity index (χ2n) is 5.03. The Morgan fingerprint density at radius 3 is 2.45 bits per heavy atom. The van der Waals surface area contributed by atoms with Crippen molar-refractivity contribution in [3.63, 3.8) is 0 Å². The van der Waals surface area contributed by atoms with E-state index in [4.69, 9.17) is 9.47 Å². The molecule has 1 fully saturated rings. The number of benzene rings is 1. The second-order valence-corrected chi connectivity index (χ2v) is 5.03. The van der Waals surface area contributed by atoms with Gasteiger partial charge in [0.1, 0.15) is 0 Å². The molecule has 1 saturated carbocycles. The Morgan fingerprint density at radius 2 is 1.85 bits per heavy atom. The highest BCUT2D eigenvalue weighted by Gasteiger charge is 2.20. The third kappa shape index (κ3) is 3.15. The first-order chi connectivity index (χ1) is 9.65. The molecule has 0 heterocycles. The maximum Gasteiger partial charge on any atom is 0.321 e. The summed E-state index contributed by atoms with van der Waals surface area (Å²) in [6, 6.07) is 5.67. The fourth-order valence-corrected chi connectivity index (χ4v) is 2.49. The van der Waals surface area contributed by atoms with Gasteiger partial charge in [-0.3, -0.25) is 4.90 Å². The van der Waals surface area contributed by atoms with Crippen molar-refractivity contribution in [1.29, 1.82) is 0 Å². The number of carbonyl (C=O) groups is 1. The molecule has 0 unspecified atom stereocenters. The lowest BCUT2D eigenvalue weighted by Crippen LogP contribution is -2.42. The van der Waals surface area contributed by atoms with E-state index in [0.717, 1.165) is 18.5 Å². The van der Waals surface area contributed by atoms with Gasteiger partial charge in [-0.25, -0.2) is 4.79 Å². The summed E-state index contributed by atoms with van der Waals surface area (Å²) >= 11 is 0. The zero-order valence-corrected chi connectivity index (χ0v) is 12.3. The van der Waals surface area contributed by atoms with Crippen molar-refractivity contribution in [3.8, 4) is 11.5 Å². The number of ether oxygens (including phenoxy) is 2. The quantitative estimate of drug-likeness (QED) is 0.921. The van der Waals surface area contributed by atoms with Gasteiger partial charge in [0.15, 0.2) is 11.5 Å². The van der Waals surface area contributed by atoms with E-state index in [-0.39, 0.29) is 6.03 Å². The zero-order chi connectivity index (χ0) is 14.5. The number of nitrogens with zero attached hydrogens (tertiary/aromatic N) is 1. The van der Waals surface area contributed by atoms with Crippen molar-refractivity contribution in [1.82, 2.24) is 5.32 Å². The van der Waals surface area contributed by atoms with Crippen LogP contribution in [0.4, 0.5) is 10.5 Å². The number of anilines is 1. The summed E-state index contributed by atoms with van der Waals surface area (Å²) in [6.07, 6.45) is 4.55. The highest BCUT2D eigenvalue weighted by atomic mass is 16.5. The topological polar surface area (TPSA) is 50.8 Å². The molecule has 0 atom stereocenters. The molecule has 2 rings (SSSR count). The fraction of sp³-hybridized carbons (Fsp3) is 0.533. The fourth-order valence-electron chi connectivity index (χ4n) is 2.49. The van der Waals surface area contributed by atoms with Crippen LogP contribution in [0.2, 0.25) is 0 Å². The van der Waals surface area contributed by atoms with E-state index in [9.17, 15) is 4.79 Å². The summed E-state index contributed by atoms with van der Waals surface area (Å²) in [7, 11) is 4.93. The number of urea groups is 1. The van der Waals surface area contributed by atoms with Crippen molar-refractivity contribution in [2.45, 2.75) is 31.7 Å². The van der Waals surface area contributed by atoms with Gasteiger partial charge >= 0.3 is 6.03 Å². The summed E-state index contributed by atoms with van der Waals surface area (Å²) in [4.78, 5) is 13.8. The number of methoxy groups -OCH3 is 2. The predicted molar refractivity (Wildman–Crippen MR) is 78.7 cm³/mol. The lowest BCUT2D eigenvalue weighted by molar-refractivity contribution is 0.244. The molecule has 5 heteroatoms. The molecule has 0 bridgehead atoms. The number of nitrogens with one attached hydrogen (secondary N) is 1. The Kier molecular flexibility index (Phi) is 4.71. The molecule has 0 saturated heterocycles. The Labute approximate surface area is 119 Å². The Hall–Kier alpha value is -1.91. The summed E-state index contributed by atoms with van der Waals surface area (Å²) < 4.78 is 10.5. The van der Waals surface area contributed by atoms with Gasteiger partial charge in [-0.2, -0.15) is 0 Å². The molecule has 0 spiro atoms. The highest BCUT2D eigenvalue weighted by molar-refractivity contribution is 5.92. The first-order valence-corrected chi connectivity index (χ1v) is 6.92. The van der Waals surface area contributed by atoms with Gasteiger partial charge in [0.2, 0.25) is 0 Å². The molecule has 1 aliphatic rings. The van der Waals surface area contributed by atoms with Crippen LogP contribution < -0.4 is 19.7 Å². The van der Waals surface area contributed by atoms with Crippen molar-refractivity contribution >= 4 is 11.7 Å². The van der Waals surface area contributed by atoms with E-state index in [1.165, 1.54) is 12.8 Å². The van der Waals surface area contributed by atoms with Gasteiger partial charge in [0.25, 0.3) is 0 Å². The monoisotopic (exact) mass is 278 g/mol. The molecule has 0 radical (unpaired) electrons. The van der Waals surface area contributed by atoms with Gasteiger partial charge in [-0.05, 0) is 25.0 Å². The largest absolute Gasteiger partial charge is 0.493 e. The van der Waals surface area contributed by atoms with Crippen LogP contribution in [0, 0.1) is 0 Å². The van der Waals surface area contributed by atoms with Crippen LogP contribution in [0.5, 0.6) is 11.5 Å². The van der Waals surface area contributed by atoms with Crippen LogP contribution in [-0.2, 0) is 0 Å². The Morgan fingerprint density at radius 1 is 1.20 bits per heavy atom. The summed E-state index contributed by atoms with van der Waals surface area (Å²) in [6.45, 7) is 0. The minimum absolute atomic E-state index is 0.0795. The molecule has 0 aliphatic heterocycles. The number of hydrogen-bond acceptors (Lipinski definition) is 3. The van der Waals surface area contributed by atoms with Gasteiger partial charge in [0, 0.05) is 24.8 Å². The van der Waals surface area contributed by atoms with E-state index in [1.807, 2.05) is 6.07 Å². The minimum atomic E-state index is -0.0795. The van der Waals surface area contributed by atoms with Crippen molar-refractivity contribution in [2.24, 2.45) is 0 Å². The Bertz CT molecular complexity index is 470. The lowest BCUT2D eigenvalue weighted by Gasteiger charge is -2.22. The summed E-state index contributed by atoms with van der Waals surface area (Å²) in [5, 5.41) is 3.06. The van der Waals surface area contributed by atoms with Crippen molar-refractivity contribution in [3.05, 3.63) is 18.2 Å². The number of hydrogen-bond donors (Lipinski definition) is 1. The average molecular weight is 278 g/mol. The summed E-state index contributed by atoms with van der Waals surface area (Å²) in [5.74, 6) is 1.27. The molecule has 2 amide bonds. The molecule has 20 heavy (non-hydrogen) atoms. The van der Waals surface area contributed by atoms with Crippen LogP contribution in [0.25, 0.3) is 0 Å². The van der Waals surface area contributed by atoms with Crippen LogP contribution in [0.3, 0.4) is 0 Å². The van der Waals surface area contributed by atoms with Gasteiger partial charge < -0.3 is 14.8 Å². The normalized spacial score (nSPS) is 14.9. The molecule has 1 N–H and O–H groups in total. The maximum absolute atomic E-state index is 12.2. The zero-order valence-electron chi connectivity index (χ0n) is 12.3. The highest BCUT2D eigenvalue weighted by Crippen LogP contribution is 2.31. The maximum atomic E-state index is 12.2. The number of amides is 2. The number of carbonyl (C=O) groups excluding carboxylic acids is 1. The SMILES string of the molecule is COc1ccc(N(C)C(=O)NC2CCCC2)cc1OC. The third-order valence-corrected chi connectivity index (χ3v) is 3.74. The van der Waals surface area contributed by atoms with Gasteiger partial charge in [-0.1, -0.05) is 12.8 Å². The molecule has 1 aliphatic carbocycles. The van der Waals surface area contributed by atoms with Gasteiger partial charge in [-0.15, -0.1) is 0 Å². The van der Waals surface area contributed by atoms with Crippen LogP contribution in [0.1, 0.15) is 25.7 Å². The molecule has 1 aromatic rings. The molecule has 0 aromatic heterocycles. The average Bonchev–Trinajstić information content (AvgIpc) is 2.98. The minimum Gasteiger partial charge on any atom is -0.493 e. The van der Waals surface area contributed by atoms with E-state index >= 15 is 0 Å². The van der Waals surface area contributed by atoms with Crippen molar-refractivity contribution < 1.29 is 14.3 Å². The molecule has 1 aromatic carbocycles. The van der Waals surface area contributed by atoms with E-state index in [2.05, 4.69) is 5.32 Å². The Balaban J connectivity index is 2.07.